The van der Waals surface area contributed by atoms with Crippen molar-refractivity contribution in [3.8, 4) is 11.4 Å². The van der Waals surface area contributed by atoms with Crippen molar-refractivity contribution < 1.29 is 17.6 Å². The minimum atomic E-state index is -4.73. The SMILES string of the molecule is Fc1c(-c2nc3ccccc3[nH]2)cccc1C(F)(F)F. The molecule has 20 heavy (non-hydrogen) atoms. The van der Waals surface area contributed by atoms with Crippen LogP contribution in [0.1, 0.15) is 5.56 Å². The number of benzene rings is 2. The summed E-state index contributed by atoms with van der Waals surface area (Å²) in [5.74, 6) is -1.24. The van der Waals surface area contributed by atoms with Gasteiger partial charge in [-0.2, -0.15) is 13.2 Å². The van der Waals surface area contributed by atoms with Crippen LogP contribution in [0.25, 0.3) is 22.4 Å². The second-order valence-corrected chi connectivity index (χ2v) is 4.27. The first-order chi connectivity index (χ1) is 9.47. The van der Waals surface area contributed by atoms with E-state index in [2.05, 4.69) is 9.97 Å². The number of fused-ring (bicyclic) bond motifs is 1. The molecule has 2 aromatic carbocycles. The Balaban J connectivity index is 2.19. The maximum Gasteiger partial charge on any atom is 0.419 e. The highest BCUT2D eigenvalue weighted by molar-refractivity contribution is 5.79. The number of imidazole rings is 1. The summed E-state index contributed by atoms with van der Waals surface area (Å²) >= 11 is 0. The zero-order valence-electron chi connectivity index (χ0n) is 10.0. The molecule has 0 atom stereocenters. The van der Waals surface area contributed by atoms with Crippen molar-refractivity contribution in [1.82, 2.24) is 9.97 Å². The van der Waals surface area contributed by atoms with Gasteiger partial charge in [0.25, 0.3) is 0 Å². The van der Waals surface area contributed by atoms with Gasteiger partial charge >= 0.3 is 6.18 Å². The van der Waals surface area contributed by atoms with Gasteiger partial charge in [0.1, 0.15) is 11.6 Å². The van der Waals surface area contributed by atoms with E-state index in [0.717, 1.165) is 6.07 Å². The molecule has 6 heteroatoms. The average molecular weight is 280 g/mol. The minimum absolute atomic E-state index is 0.0785. The van der Waals surface area contributed by atoms with E-state index in [1.165, 1.54) is 6.07 Å². The number of aromatic amines is 1. The van der Waals surface area contributed by atoms with Crippen molar-refractivity contribution in [1.29, 1.82) is 0 Å². The van der Waals surface area contributed by atoms with Crippen LogP contribution in [0.4, 0.5) is 17.6 Å². The van der Waals surface area contributed by atoms with E-state index in [-0.39, 0.29) is 11.4 Å². The molecular weight excluding hydrogens is 272 g/mol. The molecule has 2 nitrogen and oxygen atoms in total. The molecule has 1 N–H and O–H groups in total. The lowest BCUT2D eigenvalue weighted by molar-refractivity contribution is -0.139. The van der Waals surface area contributed by atoms with Crippen LogP contribution in [-0.4, -0.2) is 9.97 Å². The minimum Gasteiger partial charge on any atom is -0.338 e. The molecule has 1 heterocycles. The first kappa shape index (κ1) is 12.7. The number of para-hydroxylation sites is 2. The smallest absolute Gasteiger partial charge is 0.338 e. The number of rotatable bonds is 1. The van der Waals surface area contributed by atoms with Crippen molar-refractivity contribution in [3.05, 3.63) is 53.8 Å². The maximum absolute atomic E-state index is 14.0. The molecule has 0 unspecified atom stereocenters. The molecular formula is C14H8F4N2. The van der Waals surface area contributed by atoms with Gasteiger partial charge in [-0.1, -0.05) is 18.2 Å². The van der Waals surface area contributed by atoms with E-state index < -0.39 is 17.6 Å². The lowest BCUT2D eigenvalue weighted by Crippen LogP contribution is -2.08. The number of alkyl halides is 3. The third-order valence-corrected chi connectivity index (χ3v) is 2.95. The van der Waals surface area contributed by atoms with Crippen LogP contribution in [0.15, 0.2) is 42.5 Å². The highest BCUT2D eigenvalue weighted by Gasteiger charge is 2.35. The Hall–Kier alpha value is -2.37. The van der Waals surface area contributed by atoms with E-state index in [1.54, 1.807) is 24.3 Å². The van der Waals surface area contributed by atoms with E-state index >= 15 is 0 Å². The third-order valence-electron chi connectivity index (χ3n) is 2.95. The Labute approximate surface area is 111 Å². The molecule has 0 fully saturated rings. The van der Waals surface area contributed by atoms with Crippen molar-refractivity contribution >= 4 is 11.0 Å². The second-order valence-electron chi connectivity index (χ2n) is 4.27. The Bertz CT molecular complexity index is 741. The van der Waals surface area contributed by atoms with Gasteiger partial charge in [0.05, 0.1) is 22.2 Å². The lowest BCUT2D eigenvalue weighted by Gasteiger charge is -2.09. The van der Waals surface area contributed by atoms with Crippen LogP contribution in [0.5, 0.6) is 0 Å². The highest BCUT2D eigenvalue weighted by atomic mass is 19.4. The first-order valence-electron chi connectivity index (χ1n) is 5.77. The lowest BCUT2D eigenvalue weighted by atomic mass is 10.1. The highest BCUT2D eigenvalue weighted by Crippen LogP contribution is 2.35. The second kappa shape index (κ2) is 4.33. The van der Waals surface area contributed by atoms with Crippen molar-refractivity contribution in [2.75, 3.05) is 0 Å². The Morgan fingerprint density at radius 2 is 1.70 bits per heavy atom. The number of H-pyrrole nitrogens is 1. The molecule has 0 aliphatic carbocycles. The summed E-state index contributed by atoms with van der Waals surface area (Å²) in [5, 5.41) is 0. The normalized spacial score (nSPS) is 12.0. The maximum atomic E-state index is 14.0. The summed E-state index contributed by atoms with van der Waals surface area (Å²) in [7, 11) is 0. The van der Waals surface area contributed by atoms with E-state index in [4.69, 9.17) is 0 Å². The number of hydrogen-bond acceptors (Lipinski definition) is 1. The molecule has 1 aromatic heterocycles. The summed E-state index contributed by atoms with van der Waals surface area (Å²) in [6.45, 7) is 0. The van der Waals surface area contributed by atoms with Gasteiger partial charge in [-0.3, -0.25) is 0 Å². The average Bonchev–Trinajstić information content (AvgIpc) is 2.81. The van der Waals surface area contributed by atoms with E-state index in [0.29, 0.717) is 17.1 Å². The summed E-state index contributed by atoms with van der Waals surface area (Å²) < 4.78 is 52.0. The van der Waals surface area contributed by atoms with Crippen molar-refractivity contribution in [3.63, 3.8) is 0 Å². The topological polar surface area (TPSA) is 28.7 Å². The number of nitrogens with zero attached hydrogens (tertiary/aromatic N) is 1. The molecule has 0 radical (unpaired) electrons. The fraction of sp³-hybridized carbons (Fsp3) is 0.0714. The molecule has 102 valence electrons. The van der Waals surface area contributed by atoms with Crippen molar-refractivity contribution in [2.45, 2.75) is 6.18 Å². The van der Waals surface area contributed by atoms with Gasteiger partial charge < -0.3 is 4.98 Å². The molecule has 0 aliphatic rings. The number of halogens is 4. The van der Waals surface area contributed by atoms with Crippen LogP contribution < -0.4 is 0 Å². The molecule has 3 rings (SSSR count). The van der Waals surface area contributed by atoms with Crippen LogP contribution in [0.2, 0.25) is 0 Å². The summed E-state index contributed by atoms with van der Waals surface area (Å²) in [4.78, 5) is 6.92. The molecule has 0 saturated heterocycles. The zero-order chi connectivity index (χ0) is 14.3. The Morgan fingerprint density at radius 3 is 2.40 bits per heavy atom. The Kier molecular flexibility index (Phi) is 2.74. The van der Waals surface area contributed by atoms with Crippen LogP contribution in [-0.2, 0) is 6.18 Å². The van der Waals surface area contributed by atoms with Gasteiger partial charge in [-0.25, -0.2) is 9.37 Å². The van der Waals surface area contributed by atoms with Gasteiger partial charge in [0.15, 0.2) is 0 Å². The largest absolute Gasteiger partial charge is 0.419 e. The molecule has 0 saturated carbocycles. The summed E-state index contributed by atoms with van der Waals surface area (Å²) in [6, 6.07) is 10.1. The predicted molar refractivity (Wildman–Crippen MR) is 66.5 cm³/mol. The third kappa shape index (κ3) is 2.03. The molecule has 0 aliphatic heterocycles. The van der Waals surface area contributed by atoms with Gasteiger partial charge in [0.2, 0.25) is 0 Å². The number of aromatic nitrogens is 2. The fourth-order valence-corrected chi connectivity index (χ4v) is 2.01. The zero-order valence-corrected chi connectivity index (χ0v) is 10.0. The van der Waals surface area contributed by atoms with E-state index in [1.807, 2.05) is 0 Å². The van der Waals surface area contributed by atoms with Gasteiger partial charge in [-0.15, -0.1) is 0 Å². The summed E-state index contributed by atoms with van der Waals surface area (Å²) in [6.07, 6.45) is -4.73. The van der Waals surface area contributed by atoms with Crippen LogP contribution in [0.3, 0.4) is 0 Å². The molecule has 0 spiro atoms. The van der Waals surface area contributed by atoms with E-state index in [9.17, 15) is 17.6 Å². The number of hydrogen-bond donors (Lipinski definition) is 1. The van der Waals surface area contributed by atoms with Crippen molar-refractivity contribution in [2.24, 2.45) is 0 Å². The fourth-order valence-electron chi connectivity index (χ4n) is 2.01. The molecule has 3 aromatic rings. The quantitative estimate of drug-likeness (QED) is 0.658. The monoisotopic (exact) mass is 280 g/mol. The molecule has 0 amide bonds. The predicted octanol–water partition coefficient (Wildman–Crippen LogP) is 4.39. The number of nitrogens with one attached hydrogen (secondary N) is 1. The standard InChI is InChI=1S/C14H8F4N2/c15-12-8(4-3-5-9(12)14(16,17)18)13-19-10-6-1-2-7-11(10)20-13/h1-7H,(H,19,20). The van der Waals surface area contributed by atoms with Gasteiger partial charge in [-0.05, 0) is 24.3 Å². The van der Waals surface area contributed by atoms with Crippen LogP contribution in [0, 0.1) is 5.82 Å². The van der Waals surface area contributed by atoms with Gasteiger partial charge in [0, 0.05) is 0 Å². The Morgan fingerprint density at radius 1 is 0.950 bits per heavy atom. The molecule has 0 bridgehead atoms. The van der Waals surface area contributed by atoms with Crippen LogP contribution >= 0.6 is 0 Å². The summed E-state index contributed by atoms with van der Waals surface area (Å²) in [5.41, 5.74) is -0.287. The first-order valence-corrected chi connectivity index (χ1v) is 5.77.